The number of carbonyl (C=O) groups is 1. The van der Waals surface area contributed by atoms with Crippen LogP contribution in [0.2, 0.25) is 0 Å². The molecule has 0 saturated heterocycles. The fourth-order valence-corrected chi connectivity index (χ4v) is 2.58. The van der Waals surface area contributed by atoms with E-state index in [1.165, 1.54) is 0 Å². The van der Waals surface area contributed by atoms with Crippen LogP contribution in [-0.2, 0) is 4.79 Å². The molecule has 0 radical (unpaired) electrons. The fourth-order valence-electron chi connectivity index (χ4n) is 2.58. The van der Waals surface area contributed by atoms with Gasteiger partial charge < -0.3 is 4.90 Å². The van der Waals surface area contributed by atoms with Crippen molar-refractivity contribution >= 4 is 17.2 Å². The van der Waals surface area contributed by atoms with E-state index in [2.05, 4.69) is 0 Å². The molecule has 0 atom stereocenters. The molecule has 1 aromatic rings. The van der Waals surface area contributed by atoms with Gasteiger partial charge in [0.2, 0.25) is 0 Å². The van der Waals surface area contributed by atoms with E-state index >= 15 is 0 Å². The Kier molecular flexibility index (Phi) is 3.83. The predicted molar refractivity (Wildman–Crippen MR) is 73.5 cm³/mol. The van der Waals surface area contributed by atoms with Crippen LogP contribution in [0.4, 0.5) is 11.4 Å². The molecule has 5 heteroatoms. The SMILES string of the molecule is Cc1ccc([N+](=O)[O-])c(N(C)C2CCC(=O)CC2)c1. The lowest BCUT2D eigenvalue weighted by Gasteiger charge is -2.32. The van der Waals surface area contributed by atoms with Crippen LogP contribution in [0.5, 0.6) is 0 Å². The maximum atomic E-state index is 11.3. The largest absolute Gasteiger partial charge is 0.366 e. The third-order valence-electron chi connectivity index (χ3n) is 3.77. The number of ketones is 1. The molecule has 1 aliphatic rings. The molecule has 0 aliphatic heterocycles. The van der Waals surface area contributed by atoms with Crippen LogP contribution in [-0.4, -0.2) is 23.8 Å². The number of nitrogens with zero attached hydrogens (tertiary/aromatic N) is 2. The summed E-state index contributed by atoms with van der Waals surface area (Å²) in [6, 6.07) is 5.35. The summed E-state index contributed by atoms with van der Waals surface area (Å²) >= 11 is 0. The van der Waals surface area contributed by atoms with Crippen molar-refractivity contribution in [1.29, 1.82) is 0 Å². The van der Waals surface area contributed by atoms with Gasteiger partial charge >= 0.3 is 0 Å². The normalized spacial score (nSPS) is 16.4. The highest BCUT2D eigenvalue weighted by molar-refractivity contribution is 5.79. The van der Waals surface area contributed by atoms with Crippen molar-refractivity contribution in [3.05, 3.63) is 33.9 Å². The van der Waals surface area contributed by atoms with Crippen molar-refractivity contribution in [2.75, 3.05) is 11.9 Å². The van der Waals surface area contributed by atoms with Crippen molar-refractivity contribution in [3.63, 3.8) is 0 Å². The van der Waals surface area contributed by atoms with Gasteiger partial charge in [-0.05, 0) is 31.4 Å². The lowest BCUT2D eigenvalue weighted by molar-refractivity contribution is -0.384. The van der Waals surface area contributed by atoms with Gasteiger partial charge in [-0.3, -0.25) is 14.9 Å². The van der Waals surface area contributed by atoms with Crippen LogP contribution >= 0.6 is 0 Å². The molecule has 0 amide bonds. The van der Waals surface area contributed by atoms with Crippen LogP contribution in [0.25, 0.3) is 0 Å². The molecule has 1 aromatic carbocycles. The number of carbonyl (C=O) groups excluding carboxylic acids is 1. The number of Topliss-reactive ketones (excluding diaryl/α,β-unsaturated/α-hetero) is 1. The molecular formula is C14H18N2O3. The van der Waals surface area contributed by atoms with Crippen LogP contribution in [0.15, 0.2) is 18.2 Å². The Morgan fingerprint density at radius 1 is 1.32 bits per heavy atom. The topological polar surface area (TPSA) is 63.5 Å². The number of nitro benzene ring substituents is 1. The molecule has 0 bridgehead atoms. The summed E-state index contributed by atoms with van der Waals surface area (Å²) in [5.41, 5.74) is 1.77. The molecule has 0 heterocycles. The summed E-state index contributed by atoms with van der Waals surface area (Å²) in [7, 11) is 1.88. The summed E-state index contributed by atoms with van der Waals surface area (Å²) < 4.78 is 0. The predicted octanol–water partition coefficient (Wildman–Crippen LogP) is 2.85. The molecule has 2 rings (SSSR count). The number of nitro groups is 1. The molecular weight excluding hydrogens is 244 g/mol. The smallest absolute Gasteiger partial charge is 0.292 e. The Morgan fingerprint density at radius 2 is 1.95 bits per heavy atom. The molecule has 19 heavy (non-hydrogen) atoms. The average Bonchev–Trinajstić information content (AvgIpc) is 2.38. The minimum absolute atomic E-state index is 0.130. The molecule has 0 N–H and O–H groups in total. The Balaban J connectivity index is 2.27. The van der Waals surface area contributed by atoms with E-state index in [9.17, 15) is 14.9 Å². The van der Waals surface area contributed by atoms with E-state index in [1.807, 2.05) is 24.9 Å². The molecule has 5 nitrogen and oxygen atoms in total. The summed E-state index contributed by atoms with van der Waals surface area (Å²) in [6.45, 7) is 1.92. The highest BCUT2D eigenvalue weighted by Crippen LogP contribution is 2.32. The van der Waals surface area contributed by atoms with E-state index < -0.39 is 0 Å². The second-order valence-electron chi connectivity index (χ2n) is 5.13. The fraction of sp³-hybridized carbons (Fsp3) is 0.500. The number of hydrogen-bond donors (Lipinski definition) is 0. The van der Waals surface area contributed by atoms with E-state index in [-0.39, 0.29) is 16.7 Å². The van der Waals surface area contributed by atoms with Gasteiger partial charge in [0, 0.05) is 32.0 Å². The zero-order chi connectivity index (χ0) is 14.0. The first kappa shape index (κ1) is 13.5. The third kappa shape index (κ3) is 2.92. The van der Waals surface area contributed by atoms with Crippen molar-refractivity contribution in [2.24, 2.45) is 0 Å². The van der Waals surface area contributed by atoms with E-state index in [0.717, 1.165) is 18.4 Å². The van der Waals surface area contributed by atoms with Gasteiger partial charge in [-0.25, -0.2) is 0 Å². The molecule has 0 aromatic heterocycles. The van der Waals surface area contributed by atoms with Crippen LogP contribution in [0.3, 0.4) is 0 Å². The van der Waals surface area contributed by atoms with Crippen LogP contribution in [0.1, 0.15) is 31.2 Å². The maximum absolute atomic E-state index is 11.3. The number of benzene rings is 1. The third-order valence-corrected chi connectivity index (χ3v) is 3.77. The molecule has 0 spiro atoms. The van der Waals surface area contributed by atoms with Crippen LogP contribution < -0.4 is 4.90 Å². The number of aryl methyl sites for hydroxylation is 1. The van der Waals surface area contributed by atoms with Crippen molar-refractivity contribution in [1.82, 2.24) is 0 Å². The number of hydrogen-bond acceptors (Lipinski definition) is 4. The van der Waals surface area contributed by atoms with E-state index in [4.69, 9.17) is 0 Å². The number of anilines is 1. The second kappa shape index (κ2) is 5.38. The first-order valence-electron chi connectivity index (χ1n) is 6.48. The lowest BCUT2D eigenvalue weighted by Crippen LogP contribution is -2.35. The van der Waals surface area contributed by atoms with Gasteiger partial charge in [0.15, 0.2) is 0 Å². The van der Waals surface area contributed by atoms with Gasteiger partial charge in [0.05, 0.1) is 4.92 Å². The maximum Gasteiger partial charge on any atom is 0.292 e. The minimum Gasteiger partial charge on any atom is -0.366 e. The monoisotopic (exact) mass is 262 g/mol. The number of rotatable bonds is 3. The van der Waals surface area contributed by atoms with Crippen LogP contribution in [0, 0.1) is 17.0 Å². The summed E-state index contributed by atoms with van der Waals surface area (Å²) in [5.74, 6) is 0.295. The summed E-state index contributed by atoms with van der Waals surface area (Å²) in [5, 5.41) is 11.1. The van der Waals surface area contributed by atoms with Crippen molar-refractivity contribution < 1.29 is 9.72 Å². The second-order valence-corrected chi connectivity index (χ2v) is 5.13. The van der Waals surface area contributed by atoms with Gasteiger partial charge in [-0.2, -0.15) is 0 Å². The molecule has 1 saturated carbocycles. The van der Waals surface area contributed by atoms with Crippen molar-refractivity contribution in [3.8, 4) is 0 Å². The standard InChI is InChI=1S/C14H18N2O3/c1-10-3-8-13(16(18)19)14(9-10)15(2)11-4-6-12(17)7-5-11/h3,8-9,11H,4-7H2,1-2H3. The minimum atomic E-state index is -0.348. The molecule has 0 unspecified atom stereocenters. The lowest BCUT2D eigenvalue weighted by atomic mass is 9.93. The zero-order valence-electron chi connectivity index (χ0n) is 11.3. The van der Waals surface area contributed by atoms with Gasteiger partial charge in [0.1, 0.15) is 11.5 Å². The molecule has 1 fully saturated rings. The van der Waals surface area contributed by atoms with Gasteiger partial charge in [-0.1, -0.05) is 6.07 Å². The van der Waals surface area contributed by atoms with Crippen molar-refractivity contribution in [2.45, 2.75) is 38.6 Å². The highest BCUT2D eigenvalue weighted by Gasteiger charge is 2.26. The van der Waals surface area contributed by atoms with Gasteiger partial charge in [0.25, 0.3) is 5.69 Å². The Morgan fingerprint density at radius 3 is 2.53 bits per heavy atom. The summed E-state index contributed by atoms with van der Waals surface area (Å²) in [4.78, 5) is 24.0. The first-order valence-corrected chi connectivity index (χ1v) is 6.48. The molecule has 102 valence electrons. The first-order chi connectivity index (χ1) is 8.99. The van der Waals surface area contributed by atoms with E-state index in [1.54, 1.807) is 12.1 Å². The van der Waals surface area contributed by atoms with Gasteiger partial charge in [-0.15, -0.1) is 0 Å². The quantitative estimate of drug-likeness (QED) is 0.620. The Bertz CT molecular complexity index is 503. The molecule has 1 aliphatic carbocycles. The Labute approximate surface area is 112 Å². The summed E-state index contributed by atoms with van der Waals surface area (Å²) in [6.07, 6.45) is 2.71. The highest BCUT2D eigenvalue weighted by atomic mass is 16.6. The zero-order valence-corrected chi connectivity index (χ0v) is 11.3. The Hall–Kier alpha value is -1.91. The van der Waals surface area contributed by atoms with E-state index in [0.29, 0.717) is 24.3 Å². The average molecular weight is 262 g/mol.